The van der Waals surface area contributed by atoms with Crippen molar-refractivity contribution in [2.24, 2.45) is 0 Å². The molecule has 0 aliphatic carbocycles. The smallest absolute Gasteiger partial charge is 0.262 e. The van der Waals surface area contributed by atoms with E-state index in [1.807, 2.05) is 6.07 Å². The number of nitrogens with zero attached hydrogens (tertiary/aromatic N) is 3. The van der Waals surface area contributed by atoms with Gasteiger partial charge in [0.15, 0.2) is 0 Å². The first kappa shape index (κ1) is 19.8. The predicted molar refractivity (Wildman–Crippen MR) is 118 cm³/mol. The highest BCUT2D eigenvalue weighted by molar-refractivity contribution is 7.98. The van der Waals surface area contributed by atoms with Gasteiger partial charge in [0, 0.05) is 22.6 Å². The number of aromatic nitrogens is 3. The average Bonchev–Trinajstić information content (AvgIpc) is 3.45. The quantitative estimate of drug-likeness (QED) is 0.432. The summed E-state index contributed by atoms with van der Waals surface area (Å²) in [5, 5.41) is 12.2. The summed E-state index contributed by atoms with van der Waals surface area (Å²) in [5.41, 5.74) is 3.80. The summed E-state index contributed by atoms with van der Waals surface area (Å²) < 4.78 is 20.4. The summed E-state index contributed by atoms with van der Waals surface area (Å²) in [7, 11) is 0. The number of halogens is 2. The molecule has 1 N–H and O–H groups in total. The van der Waals surface area contributed by atoms with Gasteiger partial charge >= 0.3 is 0 Å². The third-order valence-corrected chi connectivity index (χ3v) is 6.37. The summed E-state index contributed by atoms with van der Waals surface area (Å²) in [4.78, 5) is 13.4. The third-order valence-electron chi connectivity index (χ3n) is 5.07. The zero-order valence-electron chi connectivity index (χ0n) is 16.4. The summed E-state index contributed by atoms with van der Waals surface area (Å²) in [6.07, 6.45) is 0. The molecular formula is C22H16ClFN4O2S. The van der Waals surface area contributed by atoms with Gasteiger partial charge in [0.25, 0.3) is 5.91 Å². The number of hydrogen-bond acceptors (Lipinski definition) is 5. The number of carbonyl (C=O) groups is 1. The van der Waals surface area contributed by atoms with Gasteiger partial charge in [0.1, 0.15) is 28.7 Å². The van der Waals surface area contributed by atoms with E-state index in [2.05, 4.69) is 15.6 Å². The Morgan fingerprint density at radius 1 is 1.19 bits per heavy atom. The fraction of sp³-hybridized carbons (Fsp3) is 0.136. The van der Waals surface area contributed by atoms with Crippen molar-refractivity contribution in [3.8, 4) is 16.9 Å². The van der Waals surface area contributed by atoms with Crippen LogP contribution in [0.1, 0.15) is 27.4 Å². The fourth-order valence-corrected chi connectivity index (χ4v) is 4.82. The van der Waals surface area contributed by atoms with Crippen molar-refractivity contribution < 1.29 is 13.7 Å². The number of anilines is 1. The number of thioether (sulfide) groups is 1. The van der Waals surface area contributed by atoms with Gasteiger partial charge in [-0.25, -0.2) is 9.07 Å². The van der Waals surface area contributed by atoms with E-state index < -0.39 is 0 Å². The van der Waals surface area contributed by atoms with Crippen LogP contribution in [-0.2, 0) is 11.5 Å². The first-order valence-corrected chi connectivity index (χ1v) is 11.0. The lowest BCUT2D eigenvalue weighted by molar-refractivity contribution is 0.102. The van der Waals surface area contributed by atoms with E-state index in [-0.39, 0.29) is 11.7 Å². The number of amides is 1. The van der Waals surface area contributed by atoms with Crippen LogP contribution in [0, 0.1) is 12.7 Å². The maximum absolute atomic E-state index is 13.4. The largest absolute Gasteiger partial charge is 0.360 e. The van der Waals surface area contributed by atoms with Crippen molar-refractivity contribution in [2.75, 3.05) is 5.32 Å². The van der Waals surface area contributed by atoms with Crippen molar-refractivity contribution in [2.45, 2.75) is 18.4 Å². The van der Waals surface area contributed by atoms with E-state index >= 15 is 0 Å². The number of aryl methyl sites for hydroxylation is 1. The van der Waals surface area contributed by atoms with Gasteiger partial charge in [-0.3, -0.25) is 4.79 Å². The lowest BCUT2D eigenvalue weighted by Crippen LogP contribution is -2.17. The second-order valence-corrected chi connectivity index (χ2v) is 8.44. The molecule has 0 fully saturated rings. The molecule has 0 bridgehead atoms. The van der Waals surface area contributed by atoms with Crippen LogP contribution in [-0.4, -0.2) is 20.8 Å². The van der Waals surface area contributed by atoms with Crippen LogP contribution in [0.2, 0.25) is 5.02 Å². The molecule has 4 aromatic rings. The maximum Gasteiger partial charge on any atom is 0.262 e. The molecule has 2 aromatic carbocycles. The highest BCUT2D eigenvalue weighted by Gasteiger charge is 2.28. The molecule has 0 spiro atoms. The second kappa shape index (κ2) is 7.86. The highest BCUT2D eigenvalue weighted by Crippen LogP contribution is 2.37. The molecule has 0 saturated carbocycles. The number of fused-ring (bicyclic) bond motifs is 1. The fourth-order valence-electron chi connectivity index (χ4n) is 3.56. The van der Waals surface area contributed by atoms with Gasteiger partial charge in [-0.15, -0.1) is 0 Å². The normalized spacial score (nSPS) is 12.7. The minimum absolute atomic E-state index is 0.305. The average molecular weight is 455 g/mol. The van der Waals surface area contributed by atoms with Crippen molar-refractivity contribution in [1.29, 1.82) is 0 Å². The molecule has 0 radical (unpaired) electrons. The molecule has 1 aliphatic rings. The van der Waals surface area contributed by atoms with Gasteiger partial charge in [-0.05, 0) is 37.3 Å². The first-order valence-electron chi connectivity index (χ1n) is 9.50. The number of carbonyl (C=O) groups excluding carboxylic acids is 1. The zero-order chi connectivity index (χ0) is 21.5. The summed E-state index contributed by atoms with van der Waals surface area (Å²) in [6.45, 7) is 1.68. The van der Waals surface area contributed by atoms with Gasteiger partial charge in [-0.2, -0.15) is 16.9 Å². The van der Waals surface area contributed by atoms with E-state index in [4.69, 9.17) is 16.1 Å². The number of rotatable bonds is 4. The lowest BCUT2D eigenvalue weighted by atomic mass is 10.1. The van der Waals surface area contributed by atoms with Gasteiger partial charge in [-0.1, -0.05) is 35.0 Å². The Morgan fingerprint density at radius 3 is 2.74 bits per heavy atom. The molecular weight excluding hydrogens is 439 g/mol. The molecule has 5 rings (SSSR count). The minimum atomic E-state index is -0.378. The standard InChI is InChI=1S/C22H16ClFN4O2S/c1-12-19(20(27-30-12)15-4-2-3-5-17(15)23)22(29)25-21-16-10-31-11-18(16)26-28(21)14-8-6-13(24)7-9-14/h2-9H,10-11H2,1H3,(H,25,29). The Bertz CT molecular complexity index is 1300. The molecule has 1 aliphatic heterocycles. The van der Waals surface area contributed by atoms with Gasteiger partial charge < -0.3 is 9.84 Å². The van der Waals surface area contributed by atoms with E-state index in [9.17, 15) is 9.18 Å². The van der Waals surface area contributed by atoms with Crippen LogP contribution < -0.4 is 5.32 Å². The van der Waals surface area contributed by atoms with E-state index in [1.165, 1.54) is 12.1 Å². The zero-order valence-corrected chi connectivity index (χ0v) is 17.9. The highest BCUT2D eigenvalue weighted by atomic mass is 35.5. The Balaban J connectivity index is 1.56. The molecule has 2 aromatic heterocycles. The van der Waals surface area contributed by atoms with E-state index in [0.29, 0.717) is 39.1 Å². The van der Waals surface area contributed by atoms with Crippen LogP contribution >= 0.6 is 23.4 Å². The second-order valence-electron chi connectivity index (χ2n) is 7.05. The summed E-state index contributed by atoms with van der Waals surface area (Å²) in [6, 6.07) is 13.1. The minimum Gasteiger partial charge on any atom is -0.360 e. The molecule has 0 unspecified atom stereocenters. The van der Waals surface area contributed by atoms with E-state index in [0.717, 1.165) is 22.8 Å². The van der Waals surface area contributed by atoms with Crippen molar-refractivity contribution in [1.82, 2.24) is 14.9 Å². The Labute approximate surface area is 186 Å². The summed E-state index contributed by atoms with van der Waals surface area (Å²) >= 11 is 8.05. The van der Waals surface area contributed by atoms with Crippen LogP contribution in [0.3, 0.4) is 0 Å². The molecule has 6 nitrogen and oxygen atoms in total. The number of nitrogens with one attached hydrogen (secondary N) is 1. The molecule has 0 atom stereocenters. The predicted octanol–water partition coefficient (Wildman–Crippen LogP) is 5.63. The van der Waals surface area contributed by atoms with Crippen LogP contribution in [0.15, 0.2) is 53.1 Å². The molecule has 9 heteroatoms. The first-order chi connectivity index (χ1) is 15.0. The molecule has 0 saturated heterocycles. The SMILES string of the molecule is Cc1onc(-c2ccccc2Cl)c1C(=O)Nc1c2c(nn1-c1ccc(F)cc1)CSC2. The van der Waals surface area contributed by atoms with Crippen LogP contribution in [0.4, 0.5) is 10.2 Å². The molecule has 156 valence electrons. The molecule has 31 heavy (non-hydrogen) atoms. The van der Waals surface area contributed by atoms with Gasteiger partial charge in [0.05, 0.1) is 16.4 Å². The monoisotopic (exact) mass is 454 g/mol. The Hall–Kier alpha value is -3.10. The van der Waals surface area contributed by atoms with Crippen LogP contribution in [0.25, 0.3) is 16.9 Å². The van der Waals surface area contributed by atoms with Gasteiger partial charge in [0.2, 0.25) is 0 Å². The van der Waals surface area contributed by atoms with Crippen molar-refractivity contribution >= 4 is 35.1 Å². The molecule has 3 heterocycles. The maximum atomic E-state index is 13.4. The topological polar surface area (TPSA) is 73.0 Å². The molecule has 1 amide bonds. The third kappa shape index (κ3) is 3.51. The number of hydrogen-bond donors (Lipinski definition) is 1. The van der Waals surface area contributed by atoms with Crippen molar-refractivity contribution in [3.05, 3.63) is 82.0 Å². The Morgan fingerprint density at radius 2 is 1.97 bits per heavy atom. The summed E-state index contributed by atoms with van der Waals surface area (Å²) in [5.74, 6) is 1.70. The lowest BCUT2D eigenvalue weighted by Gasteiger charge is -2.11. The van der Waals surface area contributed by atoms with Crippen molar-refractivity contribution in [3.63, 3.8) is 0 Å². The van der Waals surface area contributed by atoms with E-state index in [1.54, 1.807) is 53.7 Å². The number of benzene rings is 2. The Kier molecular flexibility index (Phi) is 5.03. The van der Waals surface area contributed by atoms with Crippen LogP contribution in [0.5, 0.6) is 0 Å².